The number of rotatable bonds is 4. The smallest absolute Gasteiger partial charge is 0.338 e. The molecule has 0 aromatic heterocycles. The maximum absolute atomic E-state index is 13.7. The summed E-state index contributed by atoms with van der Waals surface area (Å²) in [5.74, 6) is -2.79. The number of carbonyl (C=O) groups is 2. The molecule has 0 saturated heterocycles. The van der Waals surface area contributed by atoms with E-state index in [0.717, 1.165) is 42.5 Å². The number of hydrogen-bond donors (Lipinski definition) is 2. The maximum Gasteiger partial charge on any atom is 0.338 e. The minimum absolute atomic E-state index is 0.0517. The molecule has 1 unspecified atom stereocenters. The van der Waals surface area contributed by atoms with Gasteiger partial charge in [-0.05, 0) is 60.2 Å². The van der Waals surface area contributed by atoms with Crippen molar-refractivity contribution in [2.24, 2.45) is 0 Å². The summed E-state index contributed by atoms with van der Waals surface area (Å²) >= 11 is 0. The molecular formula is C19H17F2NO3. The van der Waals surface area contributed by atoms with Crippen molar-refractivity contribution in [3.63, 3.8) is 0 Å². The van der Waals surface area contributed by atoms with Gasteiger partial charge in [-0.25, -0.2) is 13.6 Å². The highest BCUT2D eigenvalue weighted by molar-refractivity contribution is 5.88. The highest BCUT2D eigenvalue weighted by atomic mass is 19.1. The Bertz CT molecular complexity index is 835. The van der Waals surface area contributed by atoms with E-state index in [0.29, 0.717) is 5.56 Å². The Kier molecular flexibility index (Phi) is 4.79. The maximum atomic E-state index is 13.7. The number of amides is 1. The van der Waals surface area contributed by atoms with Crippen LogP contribution in [-0.4, -0.2) is 17.0 Å². The zero-order valence-electron chi connectivity index (χ0n) is 13.4. The summed E-state index contributed by atoms with van der Waals surface area (Å²) in [6.45, 7) is 0. The molecule has 0 fully saturated rings. The van der Waals surface area contributed by atoms with Crippen LogP contribution in [0.15, 0.2) is 36.4 Å². The Labute approximate surface area is 143 Å². The molecule has 2 aromatic rings. The van der Waals surface area contributed by atoms with E-state index < -0.39 is 17.3 Å². The van der Waals surface area contributed by atoms with Crippen LogP contribution in [0.4, 0.5) is 8.78 Å². The Morgan fingerprint density at radius 2 is 1.96 bits per heavy atom. The first-order valence-electron chi connectivity index (χ1n) is 8.03. The molecular weight excluding hydrogens is 328 g/mol. The summed E-state index contributed by atoms with van der Waals surface area (Å²) in [5.41, 5.74) is 1.78. The van der Waals surface area contributed by atoms with Gasteiger partial charge >= 0.3 is 5.97 Å². The van der Waals surface area contributed by atoms with Crippen LogP contribution in [0.1, 0.15) is 45.9 Å². The lowest BCUT2D eigenvalue weighted by atomic mass is 9.87. The number of aryl methyl sites for hydroxylation is 1. The normalized spacial score (nSPS) is 16.2. The van der Waals surface area contributed by atoms with Crippen LogP contribution in [0.5, 0.6) is 0 Å². The predicted molar refractivity (Wildman–Crippen MR) is 87.3 cm³/mol. The number of nitrogens with one attached hydrogen (secondary N) is 1. The fourth-order valence-electron chi connectivity index (χ4n) is 3.21. The zero-order chi connectivity index (χ0) is 18.0. The lowest BCUT2D eigenvalue weighted by molar-refractivity contribution is -0.121. The second-order valence-electron chi connectivity index (χ2n) is 6.15. The van der Waals surface area contributed by atoms with Gasteiger partial charge in [-0.3, -0.25) is 4.79 Å². The molecule has 1 atom stereocenters. The van der Waals surface area contributed by atoms with Crippen LogP contribution in [0.25, 0.3) is 0 Å². The van der Waals surface area contributed by atoms with Crippen LogP contribution < -0.4 is 5.32 Å². The molecule has 6 heteroatoms. The molecule has 2 N–H and O–H groups in total. The van der Waals surface area contributed by atoms with Crippen LogP contribution in [0, 0.1) is 11.6 Å². The molecule has 0 radical (unpaired) electrons. The van der Waals surface area contributed by atoms with E-state index in [9.17, 15) is 18.4 Å². The van der Waals surface area contributed by atoms with E-state index in [1.165, 1.54) is 18.2 Å². The molecule has 0 heterocycles. The Balaban J connectivity index is 1.70. The highest BCUT2D eigenvalue weighted by Gasteiger charge is 2.22. The van der Waals surface area contributed by atoms with Crippen LogP contribution in [-0.2, 0) is 17.6 Å². The summed E-state index contributed by atoms with van der Waals surface area (Å²) in [7, 11) is 0. The molecule has 25 heavy (non-hydrogen) atoms. The number of carboxylic acids is 1. The summed E-state index contributed by atoms with van der Waals surface area (Å²) in [5, 5.41) is 11.7. The third-order valence-electron chi connectivity index (χ3n) is 4.38. The van der Waals surface area contributed by atoms with Crippen molar-refractivity contribution in [3.8, 4) is 0 Å². The number of halogens is 2. The highest BCUT2D eigenvalue weighted by Crippen LogP contribution is 2.30. The first-order valence-corrected chi connectivity index (χ1v) is 8.03. The van der Waals surface area contributed by atoms with E-state index in [4.69, 9.17) is 5.11 Å². The molecule has 4 nitrogen and oxygen atoms in total. The van der Waals surface area contributed by atoms with Crippen molar-refractivity contribution in [3.05, 3.63) is 70.3 Å². The molecule has 0 bridgehead atoms. The van der Waals surface area contributed by atoms with Crippen molar-refractivity contribution in [1.29, 1.82) is 0 Å². The molecule has 130 valence electrons. The minimum atomic E-state index is -1.35. The Hall–Kier alpha value is -2.76. The Morgan fingerprint density at radius 1 is 1.16 bits per heavy atom. The summed E-state index contributed by atoms with van der Waals surface area (Å²) in [4.78, 5) is 23.1. The predicted octanol–water partition coefficient (Wildman–Crippen LogP) is 3.40. The zero-order valence-corrected chi connectivity index (χ0v) is 13.4. The lowest BCUT2D eigenvalue weighted by Gasteiger charge is -2.26. The van der Waals surface area contributed by atoms with Crippen molar-refractivity contribution in [1.82, 2.24) is 5.32 Å². The summed E-state index contributed by atoms with van der Waals surface area (Å²) in [6, 6.07) is 8.01. The monoisotopic (exact) mass is 345 g/mol. The van der Waals surface area contributed by atoms with Gasteiger partial charge < -0.3 is 10.4 Å². The first-order chi connectivity index (χ1) is 11.9. The SMILES string of the molecule is O=C(Cc1ccc(C(=O)O)c(F)c1)NC1CCCc2cc(F)ccc21. The second-order valence-corrected chi connectivity index (χ2v) is 6.15. The number of carbonyl (C=O) groups excluding carboxylic acids is 1. The van der Waals surface area contributed by atoms with Crippen molar-refractivity contribution < 1.29 is 23.5 Å². The van der Waals surface area contributed by atoms with Crippen LogP contribution >= 0.6 is 0 Å². The van der Waals surface area contributed by atoms with Gasteiger partial charge in [0.25, 0.3) is 0 Å². The number of aromatic carboxylic acids is 1. The van der Waals surface area contributed by atoms with Crippen molar-refractivity contribution >= 4 is 11.9 Å². The molecule has 1 aliphatic rings. The number of fused-ring (bicyclic) bond motifs is 1. The summed E-state index contributed by atoms with van der Waals surface area (Å²) in [6.07, 6.45) is 2.34. The van der Waals surface area contributed by atoms with E-state index in [1.807, 2.05) is 0 Å². The molecule has 0 spiro atoms. The molecule has 0 saturated carbocycles. The van der Waals surface area contributed by atoms with Gasteiger partial charge in [0.2, 0.25) is 5.91 Å². The topological polar surface area (TPSA) is 66.4 Å². The minimum Gasteiger partial charge on any atom is -0.478 e. The third-order valence-corrected chi connectivity index (χ3v) is 4.38. The van der Waals surface area contributed by atoms with Crippen molar-refractivity contribution in [2.75, 3.05) is 0 Å². The van der Waals surface area contributed by atoms with Gasteiger partial charge in [0.15, 0.2) is 0 Å². The number of carboxylic acid groups (broad SMARTS) is 1. The molecule has 1 amide bonds. The van der Waals surface area contributed by atoms with Crippen molar-refractivity contribution in [2.45, 2.75) is 31.7 Å². The first kappa shape index (κ1) is 17.1. The van der Waals surface area contributed by atoms with Gasteiger partial charge in [-0.1, -0.05) is 12.1 Å². The van der Waals surface area contributed by atoms with Crippen LogP contribution in [0.2, 0.25) is 0 Å². The Morgan fingerprint density at radius 3 is 2.68 bits per heavy atom. The van der Waals surface area contributed by atoms with Gasteiger partial charge in [0, 0.05) is 0 Å². The second kappa shape index (κ2) is 7.01. The molecule has 3 rings (SSSR count). The third kappa shape index (κ3) is 3.84. The molecule has 1 aliphatic carbocycles. The number of hydrogen-bond acceptors (Lipinski definition) is 2. The van der Waals surface area contributed by atoms with Gasteiger partial charge in [0.05, 0.1) is 18.0 Å². The number of benzene rings is 2. The van der Waals surface area contributed by atoms with E-state index >= 15 is 0 Å². The van der Waals surface area contributed by atoms with Crippen LogP contribution in [0.3, 0.4) is 0 Å². The molecule has 0 aliphatic heterocycles. The fraction of sp³-hybridized carbons (Fsp3) is 0.263. The van der Waals surface area contributed by atoms with E-state index in [-0.39, 0.29) is 24.2 Å². The average molecular weight is 345 g/mol. The van der Waals surface area contributed by atoms with E-state index in [2.05, 4.69) is 5.32 Å². The quantitative estimate of drug-likeness (QED) is 0.892. The van der Waals surface area contributed by atoms with Gasteiger partial charge in [-0.2, -0.15) is 0 Å². The largest absolute Gasteiger partial charge is 0.478 e. The standard InChI is InChI=1S/C19H17F2NO3/c20-13-5-7-14-12(10-13)2-1-3-17(14)22-18(23)9-11-4-6-15(19(24)25)16(21)8-11/h4-8,10,17H,1-3,9H2,(H,22,23)(H,24,25). The van der Waals surface area contributed by atoms with Gasteiger partial charge in [0.1, 0.15) is 11.6 Å². The summed E-state index contributed by atoms with van der Waals surface area (Å²) < 4.78 is 27.0. The molecule has 2 aromatic carbocycles. The lowest BCUT2D eigenvalue weighted by Crippen LogP contribution is -2.32. The fourth-order valence-corrected chi connectivity index (χ4v) is 3.21. The van der Waals surface area contributed by atoms with Gasteiger partial charge in [-0.15, -0.1) is 0 Å². The average Bonchev–Trinajstić information content (AvgIpc) is 2.54. The van der Waals surface area contributed by atoms with E-state index in [1.54, 1.807) is 6.07 Å².